The van der Waals surface area contributed by atoms with Crippen LogP contribution in [0.1, 0.15) is 31.4 Å². The molecule has 0 unspecified atom stereocenters. The van der Waals surface area contributed by atoms with Gasteiger partial charge in [0.1, 0.15) is 0 Å². The summed E-state index contributed by atoms with van der Waals surface area (Å²) in [7, 11) is 1.47. The molecule has 0 aliphatic heterocycles. The van der Waals surface area contributed by atoms with E-state index in [0.717, 1.165) is 11.6 Å². The number of imidazole rings is 1. The van der Waals surface area contributed by atoms with E-state index >= 15 is 0 Å². The summed E-state index contributed by atoms with van der Waals surface area (Å²) in [5.74, 6) is 0. The van der Waals surface area contributed by atoms with Gasteiger partial charge in [0.15, 0.2) is 0 Å². The number of rotatable bonds is 2. The van der Waals surface area contributed by atoms with Crippen LogP contribution in [-0.4, -0.2) is 9.55 Å². The first-order valence-electron chi connectivity index (χ1n) is 6.25. The number of hydrogen-bond acceptors (Lipinski definition) is 1. The maximum absolute atomic E-state index is 13.0. The number of nitrogens with zero attached hydrogens (tertiary/aromatic N) is 1. The van der Waals surface area contributed by atoms with Crippen LogP contribution in [0.5, 0.6) is 0 Å². The van der Waals surface area contributed by atoms with Crippen molar-refractivity contribution in [2.75, 3.05) is 0 Å². The van der Waals surface area contributed by atoms with Gasteiger partial charge < -0.3 is 4.98 Å². The minimum atomic E-state index is -4.50. The Morgan fingerprint density at radius 3 is 2.55 bits per heavy atom. The predicted molar refractivity (Wildman–Crippen MR) is 72.5 cm³/mol. The number of hydrogen-bond donors (Lipinski definition) is 1. The third kappa shape index (κ3) is 2.15. The normalized spacial score (nSPS) is 13.2. The molecule has 0 fully saturated rings. The minimum absolute atomic E-state index is 0.157. The number of allylic oxidation sites excluding steroid dienone is 2. The number of alkyl halides is 3. The van der Waals surface area contributed by atoms with Crippen molar-refractivity contribution >= 4 is 16.6 Å². The highest BCUT2D eigenvalue weighted by Gasteiger charge is 2.34. The topological polar surface area (TPSA) is 37.8 Å². The molecule has 2 aromatic rings. The van der Waals surface area contributed by atoms with Crippen LogP contribution in [0.2, 0.25) is 0 Å². The van der Waals surface area contributed by atoms with Crippen molar-refractivity contribution in [3.05, 3.63) is 39.8 Å². The molecule has 0 radical (unpaired) electrons. The molecule has 0 aliphatic rings. The largest absolute Gasteiger partial charge is 0.418 e. The lowest BCUT2D eigenvalue weighted by Crippen LogP contribution is -2.12. The van der Waals surface area contributed by atoms with Crippen molar-refractivity contribution in [3.63, 3.8) is 0 Å². The maximum Gasteiger partial charge on any atom is 0.418 e. The smallest absolute Gasteiger partial charge is 0.305 e. The van der Waals surface area contributed by atoms with E-state index in [1.165, 1.54) is 17.7 Å². The van der Waals surface area contributed by atoms with E-state index < -0.39 is 17.4 Å². The molecule has 0 amide bonds. The molecule has 0 spiro atoms. The third-order valence-corrected chi connectivity index (χ3v) is 3.43. The Morgan fingerprint density at radius 1 is 1.40 bits per heavy atom. The van der Waals surface area contributed by atoms with E-state index in [0.29, 0.717) is 17.5 Å². The van der Waals surface area contributed by atoms with E-state index in [1.54, 1.807) is 0 Å². The quantitative estimate of drug-likeness (QED) is 0.897. The number of H-pyrrole nitrogens is 1. The van der Waals surface area contributed by atoms with Crippen molar-refractivity contribution in [2.45, 2.75) is 26.4 Å². The molecule has 0 atom stereocenters. The molecule has 6 heteroatoms. The van der Waals surface area contributed by atoms with E-state index in [2.05, 4.69) is 4.98 Å². The van der Waals surface area contributed by atoms with Gasteiger partial charge in [-0.2, -0.15) is 13.2 Å². The lowest BCUT2D eigenvalue weighted by molar-refractivity contribution is -0.136. The fourth-order valence-corrected chi connectivity index (χ4v) is 2.40. The van der Waals surface area contributed by atoms with Crippen molar-refractivity contribution in [2.24, 2.45) is 7.05 Å². The summed E-state index contributed by atoms with van der Waals surface area (Å²) < 4.78 is 40.2. The van der Waals surface area contributed by atoms with E-state index in [1.807, 2.05) is 19.9 Å². The summed E-state index contributed by atoms with van der Waals surface area (Å²) in [5.41, 5.74) is 0.317. The van der Waals surface area contributed by atoms with Crippen LogP contribution < -0.4 is 5.69 Å². The van der Waals surface area contributed by atoms with Gasteiger partial charge in [-0.15, -0.1) is 0 Å². The molecule has 2 rings (SSSR count). The summed E-state index contributed by atoms with van der Waals surface area (Å²) >= 11 is 0. The Hall–Kier alpha value is -1.98. The summed E-state index contributed by atoms with van der Waals surface area (Å²) in [6.45, 7) is 3.75. The van der Waals surface area contributed by atoms with Gasteiger partial charge in [-0.3, -0.25) is 4.57 Å². The SMILES string of the molecule is CC=C(CC)c1ccc(C(F)(F)F)c2[nH]c(=O)n(C)c12. The van der Waals surface area contributed by atoms with Crippen molar-refractivity contribution in [3.8, 4) is 0 Å². The monoisotopic (exact) mass is 284 g/mol. The molecule has 1 aromatic carbocycles. The Kier molecular flexibility index (Phi) is 3.50. The number of nitrogens with one attached hydrogen (secondary N) is 1. The van der Waals surface area contributed by atoms with Gasteiger partial charge in [0.2, 0.25) is 0 Å². The van der Waals surface area contributed by atoms with Gasteiger partial charge in [0, 0.05) is 12.6 Å². The fourth-order valence-electron chi connectivity index (χ4n) is 2.40. The molecular formula is C14H15F3N2O. The molecule has 1 aromatic heterocycles. The minimum Gasteiger partial charge on any atom is -0.305 e. The summed E-state index contributed by atoms with van der Waals surface area (Å²) in [6, 6.07) is 2.45. The van der Waals surface area contributed by atoms with Crippen molar-refractivity contribution in [1.29, 1.82) is 0 Å². The highest BCUT2D eigenvalue weighted by atomic mass is 19.4. The molecule has 0 aliphatic carbocycles. The fraction of sp³-hybridized carbons (Fsp3) is 0.357. The Balaban J connectivity index is 2.93. The molecule has 1 heterocycles. The second-order valence-corrected chi connectivity index (χ2v) is 4.54. The summed E-state index contributed by atoms with van der Waals surface area (Å²) in [6.07, 6.45) is -1.97. The first kappa shape index (κ1) is 14.4. The van der Waals surface area contributed by atoms with Crippen LogP contribution in [0.25, 0.3) is 16.6 Å². The van der Waals surface area contributed by atoms with Crippen LogP contribution in [0.15, 0.2) is 23.0 Å². The van der Waals surface area contributed by atoms with Crippen LogP contribution >= 0.6 is 0 Å². The first-order chi connectivity index (χ1) is 9.31. The molecule has 0 saturated carbocycles. The number of aryl methyl sites for hydroxylation is 1. The summed E-state index contributed by atoms with van der Waals surface area (Å²) in [5, 5.41) is 0. The van der Waals surface area contributed by atoms with Gasteiger partial charge in [0.05, 0.1) is 16.6 Å². The zero-order chi connectivity index (χ0) is 15.1. The molecule has 1 N–H and O–H groups in total. The standard InChI is InChI=1S/C14H15F3N2O/c1-4-8(5-2)9-6-7-10(14(15,16)17)11-12(9)19(3)13(20)18-11/h4,6-7H,5H2,1-3H3,(H,18,20). The second kappa shape index (κ2) is 4.85. The van der Waals surface area contributed by atoms with Gasteiger partial charge in [0.25, 0.3) is 0 Å². The average molecular weight is 284 g/mol. The van der Waals surface area contributed by atoms with Gasteiger partial charge >= 0.3 is 11.9 Å². The third-order valence-electron chi connectivity index (χ3n) is 3.43. The van der Waals surface area contributed by atoms with E-state index in [4.69, 9.17) is 0 Å². The zero-order valence-corrected chi connectivity index (χ0v) is 11.4. The van der Waals surface area contributed by atoms with E-state index in [-0.39, 0.29) is 5.52 Å². The lowest BCUT2D eigenvalue weighted by Gasteiger charge is -2.12. The van der Waals surface area contributed by atoms with E-state index in [9.17, 15) is 18.0 Å². The molecule has 0 saturated heterocycles. The molecule has 3 nitrogen and oxygen atoms in total. The maximum atomic E-state index is 13.0. The Labute approximate surface area is 113 Å². The van der Waals surface area contributed by atoms with Crippen LogP contribution in [0.4, 0.5) is 13.2 Å². The number of aromatic nitrogens is 2. The van der Waals surface area contributed by atoms with Crippen LogP contribution in [-0.2, 0) is 13.2 Å². The number of aromatic amines is 1. The van der Waals surface area contributed by atoms with Crippen LogP contribution in [0.3, 0.4) is 0 Å². The number of benzene rings is 1. The highest BCUT2D eigenvalue weighted by molar-refractivity contribution is 5.91. The van der Waals surface area contributed by atoms with Gasteiger partial charge in [-0.1, -0.05) is 19.1 Å². The lowest BCUT2D eigenvalue weighted by atomic mass is 9.99. The predicted octanol–water partition coefficient (Wildman–Crippen LogP) is 3.70. The zero-order valence-electron chi connectivity index (χ0n) is 11.4. The second-order valence-electron chi connectivity index (χ2n) is 4.54. The molecule has 20 heavy (non-hydrogen) atoms. The van der Waals surface area contributed by atoms with Crippen molar-refractivity contribution < 1.29 is 13.2 Å². The average Bonchev–Trinajstić information content (AvgIpc) is 2.66. The Morgan fingerprint density at radius 2 is 2.05 bits per heavy atom. The molecular weight excluding hydrogens is 269 g/mol. The number of fused-ring (bicyclic) bond motifs is 1. The molecule has 0 bridgehead atoms. The Bertz CT molecular complexity index is 735. The highest BCUT2D eigenvalue weighted by Crippen LogP contribution is 2.36. The van der Waals surface area contributed by atoms with Crippen LogP contribution in [0, 0.1) is 0 Å². The summed E-state index contributed by atoms with van der Waals surface area (Å²) in [4.78, 5) is 14.0. The first-order valence-corrected chi connectivity index (χ1v) is 6.25. The molecule has 108 valence electrons. The van der Waals surface area contributed by atoms with Crippen molar-refractivity contribution in [1.82, 2.24) is 9.55 Å². The number of halogens is 3. The van der Waals surface area contributed by atoms with Gasteiger partial charge in [-0.05, 0) is 25.0 Å². The van der Waals surface area contributed by atoms with Gasteiger partial charge in [-0.25, -0.2) is 4.79 Å².